The molecule has 0 aliphatic rings. The van der Waals surface area contributed by atoms with E-state index in [2.05, 4.69) is 15.6 Å². The van der Waals surface area contributed by atoms with E-state index in [9.17, 15) is 9.59 Å². The number of amides is 2. The summed E-state index contributed by atoms with van der Waals surface area (Å²) in [5, 5.41) is 5.71. The normalized spacial score (nSPS) is 11.8. The fourth-order valence-corrected chi connectivity index (χ4v) is 2.75. The van der Waals surface area contributed by atoms with Crippen LogP contribution in [0.3, 0.4) is 0 Å². The Kier molecular flexibility index (Phi) is 5.93. The number of ether oxygens (including phenoxy) is 1. The smallest absolute Gasteiger partial charge is 0.287 e. The van der Waals surface area contributed by atoms with Crippen LogP contribution in [0, 0.1) is 0 Å². The minimum Gasteiger partial charge on any atom is -0.494 e. The quantitative estimate of drug-likeness (QED) is 0.657. The van der Waals surface area contributed by atoms with E-state index in [1.165, 1.54) is 0 Å². The first-order valence-corrected chi connectivity index (χ1v) is 9.35. The van der Waals surface area contributed by atoms with E-state index >= 15 is 0 Å². The topological polar surface area (TPSA) is 84.7 Å². The minimum absolute atomic E-state index is 0.0182. The van der Waals surface area contributed by atoms with Crippen molar-refractivity contribution in [2.75, 3.05) is 11.9 Å². The van der Waals surface area contributed by atoms with Crippen molar-refractivity contribution in [1.29, 1.82) is 0 Å². The number of nitrogens with zero attached hydrogens (tertiary/aromatic N) is 2. The fraction of sp³-hybridized carbons (Fsp3) is 0.286. The van der Waals surface area contributed by atoms with Gasteiger partial charge in [-0.3, -0.25) is 14.0 Å². The number of carbonyl (C=O) groups excluding carboxylic acids is 2. The maximum absolute atomic E-state index is 12.8. The van der Waals surface area contributed by atoms with Gasteiger partial charge in [-0.2, -0.15) is 0 Å². The Morgan fingerprint density at radius 3 is 2.54 bits per heavy atom. The van der Waals surface area contributed by atoms with Crippen LogP contribution in [0.5, 0.6) is 5.75 Å². The summed E-state index contributed by atoms with van der Waals surface area (Å²) >= 11 is 0. The molecule has 7 nitrogen and oxygen atoms in total. The van der Waals surface area contributed by atoms with Crippen LogP contribution in [-0.2, 0) is 0 Å². The second-order valence-electron chi connectivity index (χ2n) is 6.43. The largest absolute Gasteiger partial charge is 0.494 e. The molecule has 0 aliphatic carbocycles. The van der Waals surface area contributed by atoms with Gasteiger partial charge in [0.05, 0.1) is 12.1 Å². The van der Waals surface area contributed by atoms with Crippen LogP contribution in [0.15, 0.2) is 48.7 Å². The molecule has 28 heavy (non-hydrogen) atoms. The molecule has 2 amide bonds. The summed E-state index contributed by atoms with van der Waals surface area (Å²) in [4.78, 5) is 29.7. The van der Waals surface area contributed by atoms with Crippen molar-refractivity contribution in [2.24, 2.45) is 0 Å². The lowest BCUT2D eigenvalue weighted by molar-refractivity contribution is 0.0928. The first kappa shape index (κ1) is 19.4. The second kappa shape index (κ2) is 8.56. The van der Waals surface area contributed by atoms with Crippen LogP contribution < -0.4 is 15.4 Å². The second-order valence-corrected chi connectivity index (χ2v) is 6.43. The van der Waals surface area contributed by atoms with E-state index < -0.39 is 0 Å². The average Bonchev–Trinajstić information content (AvgIpc) is 3.09. The van der Waals surface area contributed by atoms with Crippen LogP contribution >= 0.6 is 0 Å². The average molecular weight is 380 g/mol. The molecule has 146 valence electrons. The van der Waals surface area contributed by atoms with E-state index in [-0.39, 0.29) is 29.4 Å². The molecule has 0 bridgehead atoms. The third kappa shape index (κ3) is 4.14. The zero-order chi connectivity index (χ0) is 20.1. The molecule has 0 aliphatic heterocycles. The van der Waals surface area contributed by atoms with Gasteiger partial charge in [-0.25, -0.2) is 4.98 Å². The first-order chi connectivity index (χ1) is 13.5. The summed E-state index contributed by atoms with van der Waals surface area (Å²) in [6, 6.07) is 12.5. The molecule has 0 spiro atoms. The van der Waals surface area contributed by atoms with Crippen LogP contribution in [0.4, 0.5) is 5.69 Å². The third-order valence-corrected chi connectivity index (χ3v) is 4.38. The highest BCUT2D eigenvalue weighted by atomic mass is 16.5. The monoisotopic (exact) mass is 380 g/mol. The number of hydrogen-bond donors (Lipinski definition) is 2. The van der Waals surface area contributed by atoms with Crippen molar-refractivity contribution in [2.45, 2.75) is 33.2 Å². The van der Waals surface area contributed by atoms with Crippen LogP contribution in [0.2, 0.25) is 0 Å². The van der Waals surface area contributed by atoms with Gasteiger partial charge in [-0.05, 0) is 56.7 Å². The molecule has 3 aromatic rings. The molecule has 0 saturated heterocycles. The van der Waals surface area contributed by atoms with Crippen molar-refractivity contribution < 1.29 is 14.3 Å². The number of rotatable bonds is 7. The third-order valence-electron chi connectivity index (χ3n) is 4.38. The van der Waals surface area contributed by atoms with Crippen molar-refractivity contribution in [1.82, 2.24) is 14.7 Å². The van der Waals surface area contributed by atoms with Crippen LogP contribution in [-0.4, -0.2) is 33.8 Å². The Morgan fingerprint density at radius 1 is 1.11 bits per heavy atom. The van der Waals surface area contributed by atoms with Gasteiger partial charge in [-0.1, -0.05) is 13.0 Å². The van der Waals surface area contributed by atoms with Crippen LogP contribution in [0.1, 0.15) is 48.3 Å². The summed E-state index contributed by atoms with van der Waals surface area (Å²) < 4.78 is 7.04. The molecule has 0 radical (unpaired) electrons. The molecule has 1 aromatic carbocycles. The molecule has 3 rings (SSSR count). The van der Waals surface area contributed by atoms with E-state index in [1.54, 1.807) is 53.1 Å². The zero-order valence-electron chi connectivity index (χ0n) is 16.2. The highest BCUT2D eigenvalue weighted by molar-refractivity contribution is 6.09. The van der Waals surface area contributed by atoms with Gasteiger partial charge in [0.15, 0.2) is 5.69 Å². The zero-order valence-corrected chi connectivity index (χ0v) is 16.2. The minimum atomic E-state index is -0.379. The summed E-state index contributed by atoms with van der Waals surface area (Å²) in [6.07, 6.45) is 2.53. The molecule has 0 saturated carbocycles. The van der Waals surface area contributed by atoms with Crippen molar-refractivity contribution in [3.63, 3.8) is 0 Å². The molecular weight excluding hydrogens is 356 g/mol. The Hall–Kier alpha value is -3.35. The predicted octanol–water partition coefficient (Wildman–Crippen LogP) is 3.51. The van der Waals surface area contributed by atoms with Crippen LogP contribution in [0.25, 0.3) is 5.52 Å². The number of aromatic nitrogens is 2. The Morgan fingerprint density at radius 2 is 1.86 bits per heavy atom. The van der Waals surface area contributed by atoms with E-state index in [4.69, 9.17) is 4.74 Å². The Bertz CT molecular complexity index is 979. The first-order valence-electron chi connectivity index (χ1n) is 9.35. The molecule has 2 aromatic heterocycles. The molecule has 7 heteroatoms. The lowest BCUT2D eigenvalue weighted by atomic mass is 10.2. The Balaban J connectivity index is 1.87. The lowest BCUT2D eigenvalue weighted by Crippen LogP contribution is -2.33. The van der Waals surface area contributed by atoms with Gasteiger partial charge in [0, 0.05) is 17.9 Å². The van der Waals surface area contributed by atoms with E-state index in [0.29, 0.717) is 17.8 Å². The molecule has 2 N–H and O–H groups in total. The van der Waals surface area contributed by atoms with E-state index in [1.807, 2.05) is 20.8 Å². The number of nitrogens with one attached hydrogen (secondary N) is 2. The molecule has 0 fully saturated rings. The van der Waals surface area contributed by atoms with E-state index in [0.717, 1.165) is 12.2 Å². The number of imidazole rings is 1. The number of carbonyl (C=O) groups is 2. The molecule has 1 unspecified atom stereocenters. The predicted molar refractivity (Wildman–Crippen MR) is 108 cm³/mol. The summed E-state index contributed by atoms with van der Waals surface area (Å²) in [6.45, 7) is 6.40. The number of pyridine rings is 1. The summed E-state index contributed by atoms with van der Waals surface area (Å²) in [5.41, 5.74) is 1.39. The standard InChI is InChI=1S/C21H24N4O3/c1-4-14(3)22-21(27)19-24-18(17-8-6-7-13-25(17)19)20(26)23-15-9-11-16(12-10-15)28-5-2/h6-14H,4-5H2,1-3H3,(H,22,27)(H,23,26). The SMILES string of the molecule is CCOc1ccc(NC(=O)c2nc(C(=O)NC(C)CC)n3ccccc23)cc1. The van der Waals surface area contributed by atoms with Crippen molar-refractivity contribution in [3.8, 4) is 5.75 Å². The van der Waals surface area contributed by atoms with Gasteiger partial charge < -0.3 is 15.4 Å². The van der Waals surface area contributed by atoms with Gasteiger partial charge in [0.2, 0.25) is 5.82 Å². The Labute approximate surface area is 163 Å². The summed E-state index contributed by atoms with van der Waals surface area (Å²) in [5.74, 6) is 0.232. The van der Waals surface area contributed by atoms with Crippen molar-refractivity contribution >= 4 is 23.0 Å². The number of hydrogen-bond acceptors (Lipinski definition) is 4. The van der Waals surface area contributed by atoms with Gasteiger partial charge in [-0.15, -0.1) is 0 Å². The number of anilines is 1. The highest BCUT2D eigenvalue weighted by Gasteiger charge is 2.22. The number of benzene rings is 1. The molecule has 1 atom stereocenters. The number of fused-ring (bicyclic) bond motifs is 1. The maximum atomic E-state index is 12.8. The van der Waals surface area contributed by atoms with Crippen molar-refractivity contribution in [3.05, 3.63) is 60.2 Å². The molecule has 2 heterocycles. The fourth-order valence-electron chi connectivity index (χ4n) is 2.75. The molecular formula is C21H24N4O3. The van der Waals surface area contributed by atoms with Gasteiger partial charge in [0.1, 0.15) is 5.75 Å². The van der Waals surface area contributed by atoms with Gasteiger partial charge >= 0.3 is 0 Å². The maximum Gasteiger partial charge on any atom is 0.287 e. The van der Waals surface area contributed by atoms with Gasteiger partial charge in [0.25, 0.3) is 11.8 Å². The lowest BCUT2D eigenvalue weighted by Gasteiger charge is -2.10. The summed E-state index contributed by atoms with van der Waals surface area (Å²) in [7, 11) is 0. The highest BCUT2D eigenvalue weighted by Crippen LogP contribution is 2.19.